The van der Waals surface area contributed by atoms with Crippen LogP contribution in [0.5, 0.6) is 0 Å². The van der Waals surface area contributed by atoms with Gasteiger partial charge in [-0.2, -0.15) is 5.26 Å². The minimum Gasteiger partial charge on any atom is -0.378 e. The lowest BCUT2D eigenvalue weighted by molar-refractivity contribution is 0.0958. The number of aromatic nitrogens is 2. The first kappa shape index (κ1) is 21.5. The summed E-state index contributed by atoms with van der Waals surface area (Å²) in [7, 11) is 0. The van der Waals surface area contributed by atoms with Crippen LogP contribution in [0.1, 0.15) is 27.3 Å². The fraction of sp³-hybridized carbons (Fsp3) is 0.280. The highest BCUT2D eigenvalue weighted by molar-refractivity contribution is 5.94. The van der Waals surface area contributed by atoms with Crippen LogP contribution in [0.3, 0.4) is 0 Å². The van der Waals surface area contributed by atoms with Gasteiger partial charge in [-0.05, 0) is 42.3 Å². The highest BCUT2D eigenvalue weighted by Crippen LogP contribution is 2.23. The molecule has 0 atom stereocenters. The number of hydrogen-bond acceptors (Lipinski definition) is 6. The van der Waals surface area contributed by atoms with Crippen molar-refractivity contribution in [1.82, 2.24) is 15.3 Å². The van der Waals surface area contributed by atoms with Crippen LogP contribution in [0.2, 0.25) is 0 Å². The minimum atomic E-state index is -0.265. The third-order valence-electron chi connectivity index (χ3n) is 5.44. The van der Waals surface area contributed by atoms with Crippen LogP contribution >= 0.6 is 0 Å². The van der Waals surface area contributed by atoms with E-state index in [9.17, 15) is 4.79 Å². The Bertz CT molecular complexity index is 1110. The predicted molar refractivity (Wildman–Crippen MR) is 122 cm³/mol. The topological polar surface area (TPSA) is 91.1 Å². The molecule has 2 heterocycles. The number of nitriles is 1. The normalized spacial score (nSPS) is 13.4. The molecule has 1 amide bonds. The number of rotatable bonds is 6. The van der Waals surface area contributed by atoms with Crippen LogP contribution in [0.25, 0.3) is 11.3 Å². The molecule has 162 valence electrons. The summed E-state index contributed by atoms with van der Waals surface area (Å²) in [4.78, 5) is 23.6. The van der Waals surface area contributed by atoms with E-state index in [-0.39, 0.29) is 12.5 Å². The highest BCUT2D eigenvalue weighted by atomic mass is 16.5. The smallest absolute Gasteiger partial charge is 0.252 e. The summed E-state index contributed by atoms with van der Waals surface area (Å²) in [5.74, 6) is 0.485. The number of amides is 1. The maximum atomic E-state index is 12.0. The van der Waals surface area contributed by atoms with Crippen LogP contribution < -0.4 is 10.2 Å². The Labute approximate surface area is 187 Å². The molecule has 3 aromatic rings. The number of carbonyl (C=O) groups excluding carboxylic acids is 1. The number of anilines is 1. The van der Waals surface area contributed by atoms with Gasteiger partial charge in [-0.3, -0.25) is 4.79 Å². The molecule has 1 aromatic heterocycles. The highest BCUT2D eigenvalue weighted by Gasteiger charge is 2.12. The second-order valence-electron chi connectivity index (χ2n) is 7.68. The third-order valence-corrected chi connectivity index (χ3v) is 5.44. The quantitative estimate of drug-likeness (QED) is 0.608. The van der Waals surface area contributed by atoms with E-state index in [4.69, 9.17) is 15.0 Å². The Morgan fingerprint density at radius 1 is 1.12 bits per heavy atom. The Kier molecular flexibility index (Phi) is 6.73. The number of nitrogens with zero attached hydrogens (tertiary/aromatic N) is 4. The Balaban J connectivity index is 1.48. The van der Waals surface area contributed by atoms with Crippen molar-refractivity contribution in [2.75, 3.05) is 37.7 Å². The molecule has 0 aliphatic carbocycles. The lowest BCUT2D eigenvalue weighted by Gasteiger charge is -2.28. The number of ether oxygens (including phenoxy) is 1. The first-order chi connectivity index (χ1) is 15.6. The van der Waals surface area contributed by atoms with Gasteiger partial charge in [-0.1, -0.05) is 24.3 Å². The average molecular weight is 428 g/mol. The van der Waals surface area contributed by atoms with Crippen molar-refractivity contribution in [2.45, 2.75) is 13.3 Å². The van der Waals surface area contributed by atoms with Gasteiger partial charge >= 0.3 is 0 Å². The fourth-order valence-electron chi connectivity index (χ4n) is 3.69. The maximum Gasteiger partial charge on any atom is 0.252 e. The van der Waals surface area contributed by atoms with Gasteiger partial charge in [0.25, 0.3) is 5.91 Å². The molecule has 1 fully saturated rings. The van der Waals surface area contributed by atoms with Gasteiger partial charge < -0.3 is 15.0 Å². The van der Waals surface area contributed by atoms with Crippen molar-refractivity contribution in [3.63, 3.8) is 0 Å². The van der Waals surface area contributed by atoms with Gasteiger partial charge in [0.05, 0.1) is 25.0 Å². The molecule has 0 unspecified atom stereocenters. The lowest BCUT2D eigenvalue weighted by atomic mass is 10.0. The van der Waals surface area contributed by atoms with E-state index < -0.39 is 0 Å². The summed E-state index contributed by atoms with van der Waals surface area (Å²) in [6.45, 7) is 5.35. The fourth-order valence-corrected chi connectivity index (χ4v) is 3.69. The first-order valence-electron chi connectivity index (χ1n) is 10.6. The van der Waals surface area contributed by atoms with Crippen molar-refractivity contribution in [2.24, 2.45) is 0 Å². The van der Waals surface area contributed by atoms with E-state index in [1.54, 1.807) is 12.1 Å². The molecule has 0 saturated carbocycles. The van der Waals surface area contributed by atoms with Gasteiger partial charge in [0.15, 0.2) is 0 Å². The number of benzene rings is 2. The van der Waals surface area contributed by atoms with E-state index in [1.807, 2.05) is 31.3 Å². The zero-order valence-corrected chi connectivity index (χ0v) is 18.0. The average Bonchev–Trinajstić information content (AvgIpc) is 2.85. The van der Waals surface area contributed by atoms with Crippen molar-refractivity contribution < 1.29 is 9.53 Å². The number of nitrogens with one attached hydrogen (secondary N) is 1. The van der Waals surface area contributed by atoms with Gasteiger partial charge in [0, 0.05) is 42.5 Å². The lowest BCUT2D eigenvalue weighted by Crippen LogP contribution is -2.36. The molecule has 1 N–H and O–H groups in total. The van der Waals surface area contributed by atoms with Gasteiger partial charge in [-0.15, -0.1) is 0 Å². The maximum absolute atomic E-state index is 12.0. The zero-order valence-electron chi connectivity index (χ0n) is 18.0. The van der Waals surface area contributed by atoms with Gasteiger partial charge in [0.1, 0.15) is 12.4 Å². The number of aryl methyl sites for hydroxylation is 1. The number of carbonyl (C=O) groups is 1. The second-order valence-corrected chi connectivity index (χ2v) is 7.68. The molecule has 0 radical (unpaired) electrons. The summed E-state index contributed by atoms with van der Waals surface area (Å²) < 4.78 is 5.43. The van der Waals surface area contributed by atoms with E-state index in [2.05, 4.69) is 39.5 Å². The molecule has 1 aliphatic rings. The molecule has 0 spiro atoms. The summed E-state index contributed by atoms with van der Waals surface area (Å²) >= 11 is 0. The summed E-state index contributed by atoms with van der Waals surface area (Å²) in [6, 6.07) is 17.7. The molecular formula is C25H25N5O2. The first-order valence-corrected chi connectivity index (χ1v) is 10.6. The standard InChI is InChI=1S/C25H25N5O2/c1-18-17-28-23(16-19-2-8-22(9-3-19)30-12-14-32-15-13-30)29-24(18)20-4-6-21(7-5-20)25(31)27-11-10-26/h2-9,17H,11-16H2,1H3,(H,27,31). The van der Waals surface area contributed by atoms with Crippen molar-refractivity contribution in [3.8, 4) is 17.3 Å². The molecule has 7 nitrogen and oxygen atoms in total. The van der Waals surface area contributed by atoms with Crippen LogP contribution in [-0.4, -0.2) is 48.7 Å². The van der Waals surface area contributed by atoms with E-state index in [1.165, 1.54) is 5.69 Å². The van der Waals surface area contributed by atoms with Crippen molar-refractivity contribution >= 4 is 11.6 Å². The molecule has 2 aromatic carbocycles. The summed E-state index contributed by atoms with van der Waals surface area (Å²) in [5.41, 5.74) is 5.62. The summed E-state index contributed by atoms with van der Waals surface area (Å²) in [5, 5.41) is 11.2. The Morgan fingerprint density at radius 3 is 2.53 bits per heavy atom. The monoisotopic (exact) mass is 427 g/mol. The molecular weight excluding hydrogens is 402 g/mol. The van der Waals surface area contributed by atoms with E-state index in [0.29, 0.717) is 12.0 Å². The minimum absolute atomic E-state index is 0.0115. The predicted octanol–water partition coefficient (Wildman–Crippen LogP) is 3.13. The molecule has 7 heteroatoms. The van der Waals surface area contributed by atoms with Crippen molar-refractivity contribution in [1.29, 1.82) is 5.26 Å². The van der Waals surface area contributed by atoms with Gasteiger partial charge in [0.2, 0.25) is 0 Å². The van der Waals surface area contributed by atoms with Crippen LogP contribution in [0.4, 0.5) is 5.69 Å². The molecule has 1 saturated heterocycles. The summed E-state index contributed by atoms with van der Waals surface area (Å²) in [6.07, 6.45) is 2.48. The molecule has 1 aliphatic heterocycles. The van der Waals surface area contributed by atoms with Crippen LogP contribution in [0, 0.1) is 18.3 Å². The molecule has 32 heavy (non-hydrogen) atoms. The van der Waals surface area contributed by atoms with Gasteiger partial charge in [-0.25, -0.2) is 9.97 Å². The number of morpholine rings is 1. The van der Waals surface area contributed by atoms with Crippen LogP contribution in [0.15, 0.2) is 54.7 Å². The number of hydrogen-bond donors (Lipinski definition) is 1. The molecule has 0 bridgehead atoms. The Morgan fingerprint density at radius 2 is 1.84 bits per heavy atom. The van der Waals surface area contributed by atoms with E-state index in [0.717, 1.165) is 54.5 Å². The molecule has 4 rings (SSSR count). The Hall–Kier alpha value is -3.76. The third kappa shape index (κ3) is 5.10. The second kappa shape index (κ2) is 10.0. The zero-order chi connectivity index (χ0) is 22.3. The van der Waals surface area contributed by atoms with Crippen molar-refractivity contribution in [3.05, 3.63) is 77.2 Å². The van der Waals surface area contributed by atoms with Crippen LogP contribution in [-0.2, 0) is 11.2 Å². The SMILES string of the molecule is Cc1cnc(Cc2ccc(N3CCOCC3)cc2)nc1-c1ccc(C(=O)NCC#N)cc1. The largest absolute Gasteiger partial charge is 0.378 e. The van der Waals surface area contributed by atoms with E-state index >= 15 is 0 Å².